The number of benzene rings is 2. The van der Waals surface area contributed by atoms with Crippen LogP contribution in [0.1, 0.15) is 32.6 Å². The number of aryl methyl sites for hydroxylation is 1. The van der Waals surface area contributed by atoms with E-state index in [0.717, 1.165) is 0 Å². The van der Waals surface area contributed by atoms with Gasteiger partial charge in [0.1, 0.15) is 0 Å². The first-order valence-corrected chi connectivity index (χ1v) is 14.4. The topological polar surface area (TPSA) is 76.6 Å². The van der Waals surface area contributed by atoms with Crippen LogP contribution >= 0.6 is 0 Å². The van der Waals surface area contributed by atoms with Crippen molar-refractivity contribution in [1.82, 2.24) is 14.5 Å². The van der Waals surface area contributed by atoms with Crippen molar-refractivity contribution >= 4 is 18.7 Å². The average Bonchev–Trinajstić information content (AvgIpc) is 2.87. The number of ether oxygens (including phenoxy) is 1. The van der Waals surface area contributed by atoms with Crippen molar-refractivity contribution in [2.75, 3.05) is 26.2 Å². The van der Waals surface area contributed by atoms with Crippen molar-refractivity contribution in [2.24, 2.45) is 0 Å². The summed E-state index contributed by atoms with van der Waals surface area (Å²) < 4.78 is 15.0. The normalized spacial score (nSPS) is 18.9. The summed E-state index contributed by atoms with van der Waals surface area (Å²) >= 11 is 0. The lowest BCUT2D eigenvalue weighted by atomic mass is 10.2. The van der Waals surface area contributed by atoms with E-state index in [2.05, 4.69) is 85.1 Å². The molecule has 1 aliphatic rings. The van der Waals surface area contributed by atoms with Gasteiger partial charge in [-0.15, -0.1) is 6.42 Å². The van der Waals surface area contributed by atoms with Gasteiger partial charge >= 0.3 is 5.69 Å². The van der Waals surface area contributed by atoms with Crippen LogP contribution in [0, 0.1) is 19.3 Å². The Morgan fingerprint density at radius 2 is 1.65 bits per heavy atom. The SMILES string of the molecule is C#CCN1CC(CO[Si](c2ccccc2)(c2ccccc2)C(C)(C)C)OC(n2cc(C)c(=O)[nH]c2=O)C1. The number of hydrogen-bond donors (Lipinski definition) is 1. The molecule has 0 bridgehead atoms. The molecule has 0 spiro atoms. The highest BCUT2D eigenvalue weighted by molar-refractivity contribution is 6.99. The molecule has 2 heterocycles. The molecule has 3 aromatic rings. The zero-order chi connectivity index (χ0) is 26.6. The molecular weight excluding hydrogens is 482 g/mol. The highest BCUT2D eigenvalue weighted by Gasteiger charge is 2.50. The Balaban J connectivity index is 1.70. The minimum absolute atomic E-state index is 0.171. The van der Waals surface area contributed by atoms with Crippen LogP contribution in [-0.2, 0) is 9.16 Å². The lowest BCUT2D eigenvalue weighted by Gasteiger charge is -2.45. The standard InChI is InChI=1S/C29H35N3O4Si/c1-6-17-31-19-23(36-26(20-31)32-18-22(2)27(33)30-28(32)34)21-35-37(29(3,4)5,24-13-9-7-10-14-24)25-15-11-8-12-16-25/h1,7-16,18,23,26H,17,19-21H2,2-5H3,(H,30,33,34). The first-order chi connectivity index (χ1) is 17.7. The summed E-state index contributed by atoms with van der Waals surface area (Å²) in [4.78, 5) is 29.0. The molecule has 1 aromatic heterocycles. The van der Waals surface area contributed by atoms with Crippen molar-refractivity contribution in [1.29, 1.82) is 0 Å². The van der Waals surface area contributed by atoms with Crippen LogP contribution in [0.5, 0.6) is 0 Å². The Kier molecular flexibility index (Phi) is 8.00. The second-order valence-electron chi connectivity index (χ2n) is 10.6. The van der Waals surface area contributed by atoms with Gasteiger partial charge in [0.15, 0.2) is 6.23 Å². The van der Waals surface area contributed by atoms with E-state index >= 15 is 0 Å². The van der Waals surface area contributed by atoms with Crippen LogP contribution in [0.4, 0.5) is 0 Å². The fraction of sp³-hybridized carbons (Fsp3) is 0.379. The van der Waals surface area contributed by atoms with E-state index in [0.29, 0.717) is 31.8 Å². The largest absolute Gasteiger partial charge is 0.405 e. The van der Waals surface area contributed by atoms with Crippen molar-refractivity contribution in [2.45, 2.75) is 45.1 Å². The van der Waals surface area contributed by atoms with Crippen LogP contribution in [0.15, 0.2) is 76.4 Å². The quantitative estimate of drug-likeness (QED) is 0.384. The second-order valence-corrected chi connectivity index (χ2v) is 14.9. The minimum Gasteiger partial charge on any atom is -0.405 e. The molecule has 1 saturated heterocycles. The fourth-order valence-electron chi connectivity index (χ4n) is 5.17. The molecule has 0 aliphatic carbocycles. The van der Waals surface area contributed by atoms with Crippen molar-refractivity contribution in [3.63, 3.8) is 0 Å². The molecule has 4 rings (SSSR count). The molecule has 2 unspecified atom stereocenters. The minimum atomic E-state index is -2.76. The molecule has 2 aromatic carbocycles. The van der Waals surface area contributed by atoms with Crippen LogP contribution in [-0.4, -0.2) is 55.1 Å². The number of H-pyrrole nitrogens is 1. The van der Waals surface area contributed by atoms with E-state index in [4.69, 9.17) is 15.6 Å². The summed E-state index contributed by atoms with van der Waals surface area (Å²) in [5.41, 5.74) is -0.462. The first kappa shape index (κ1) is 26.8. The van der Waals surface area contributed by atoms with E-state index in [9.17, 15) is 9.59 Å². The van der Waals surface area contributed by atoms with E-state index in [1.807, 2.05) is 12.1 Å². The zero-order valence-electron chi connectivity index (χ0n) is 21.9. The molecule has 2 atom stereocenters. The second kappa shape index (κ2) is 11.0. The third kappa shape index (κ3) is 5.55. The predicted octanol–water partition coefficient (Wildman–Crippen LogP) is 2.25. The van der Waals surface area contributed by atoms with Crippen molar-refractivity contribution < 1.29 is 9.16 Å². The van der Waals surface area contributed by atoms with Gasteiger partial charge in [0.2, 0.25) is 0 Å². The highest BCUT2D eigenvalue weighted by Crippen LogP contribution is 2.37. The monoisotopic (exact) mass is 517 g/mol. The van der Waals surface area contributed by atoms with Crippen LogP contribution in [0.3, 0.4) is 0 Å². The lowest BCUT2D eigenvalue weighted by Crippen LogP contribution is -2.67. The molecule has 8 heteroatoms. The van der Waals surface area contributed by atoms with Gasteiger partial charge in [-0.2, -0.15) is 0 Å². The number of terminal acetylenes is 1. The summed E-state index contributed by atoms with van der Waals surface area (Å²) in [6.45, 7) is 10.1. The van der Waals surface area contributed by atoms with Crippen LogP contribution in [0.2, 0.25) is 5.04 Å². The third-order valence-electron chi connectivity index (χ3n) is 6.90. The molecule has 194 valence electrons. The summed E-state index contributed by atoms with van der Waals surface area (Å²) in [7, 11) is -2.76. The van der Waals surface area contributed by atoms with Gasteiger partial charge in [-0.1, -0.05) is 87.4 Å². The number of morpholine rings is 1. The number of aromatic nitrogens is 2. The van der Waals surface area contributed by atoms with Gasteiger partial charge in [0, 0.05) is 24.8 Å². The van der Waals surface area contributed by atoms with E-state index in [-0.39, 0.29) is 11.1 Å². The lowest BCUT2D eigenvalue weighted by molar-refractivity contribution is -0.131. The van der Waals surface area contributed by atoms with Crippen LogP contribution < -0.4 is 21.6 Å². The number of aromatic amines is 1. The maximum atomic E-state index is 12.6. The molecule has 0 amide bonds. The summed E-state index contributed by atoms with van der Waals surface area (Å²) in [5, 5.41) is 2.21. The summed E-state index contributed by atoms with van der Waals surface area (Å²) in [5.74, 6) is 2.71. The smallest absolute Gasteiger partial charge is 0.330 e. The molecule has 1 aliphatic heterocycles. The Bertz CT molecular complexity index is 1320. The van der Waals surface area contributed by atoms with Gasteiger partial charge in [-0.3, -0.25) is 19.2 Å². The van der Waals surface area contributed by atoms with E-state index < -0.39 is 25.8 Å². The van der Waals surface area contributed by atoms with Gasteiger partial charge in [0.05, 0.1) is 19.3 Å². The first-order valence-electron chi connectivity index (χ1n) is 12.5. The summed E-state index contributed by atoms with van der Waals surface area (Å²) in [6, 6.07) is 20.9. The Morgan fingerprint density at radius 1 is 1.05 bits per heavy atom. The van der Waals surface area contributed by atoms with Gasteiger partial charge in [0.25, 0.3) is 13.9 Å². The predicted molar refractivity (Wildman–Crippen MR) is 149 cm³/mol. The Labute approximate surface area is 219 Å². The maximum Gasteiger partial charge on any atom is 0.330 e. The fourth-order valence-corrected chi connectivity index (χ4v) is 9.77. The van der Waals surface area contributed by atoms with Gasteiger partial charge < -0.3 is 9.16 Å². The number of nitrogens with zero attached hydrogens (tertiary/aromatic N) is 2. The van der Waals surface area contributed by atoms with Gasteiger partial charge in [-0.05, 0) is 22.3 Å². The average molecular weight is 518 g/mol. The Morgan fingerprint density at radius 3 is 2.19 bits per heavy atom. The van der Waals surface area contributed by atoms with E-state index in [1.165, 1.54) is 14.9 Å². The number of hydrogen-bond acceptors (Lipinski definition) is 5. The molecule has 37 heavy (non-hydrogen) atoms. The molecule has 7 nitrogen and oxygen atoms in total. The Hall–Kier alpha value is -3.22. The highest BCUT2D eigenvalue weighted by atomic mass is 28.4. The zero-order valence-corrected chi connectivity index (χ0v) is 22.9. The molecule has 0 radical (unpaired) electrons. The van der Waals surface area contributed by atoms with Gasteiger partial charge in [-0.25, -0.2) is 4.79 Å². The number of rotatable bonds is 7. The molecule has 1 fully saturated rings. The molecule has 1 N–H and O–H groups in total. The number of nitrogens with one attached hydrogen (secondary N) is 1. The van der Waals surface area contributed by atoms with Crippen molar-refractivity contribution in [3.8, 4) is 12.3 Å². The van der Waals surface area contributed by atoms with Crippen molar-refractivity contribution in [3.05, 3.63) is 93.3 Å². The maximum absolute atomic E-state index is 12.6. The molecular formula is C29H35N3O4Si. The third-order valence-corrected chi connectivity index (χ3v) is 11.9. The van der Waals surface area contributed by atoms with Crippen LogP contribution in [0.25, 0.3) is 0 Å². The molecule has 0 saturated carbocycles. The summed E-state index contributed by atoms with van der Waals surface area (Å²) in [6.07, 6.45) is 6.26. The van der Waals surface area contributed by atoms with E-state index in [1.54, 1.807) is 13.1 Å².